The van der Waals surface area contributed by atoms with Crippen LogP contribution >= 0.6 is 11.8 Å². The largest absolute Gasteiger partial charge is 0.494 e. The van der Waals surface area contributed by atoms with Gasteiger partial charge in [-0.2, -0.15) is 0 Å². The molecular formula is C28H32N2O3S. The lowest BCUT2D eigenvalue weighted by molar-refractivity contribution is -0.123. The van der Waals surface area contributed by atoms with Crippen molar-refractivity contribution in [3.05, 3.63) is 89.5 Å². The quantitative estimate of drug-likeness (QED) is 0.356. The first-order valence-corrected chi connectivity index (χ1v) is 12.4. The minimum Gasteiger partial charge on any atom is -0.494 e. The van der Waals surface area contributed by atoms with E-state index < -0.39 is 5.41 Å². The number of hydrogen-bond acceptors (Lipinski definition) is 4. The number of nitrogens with one attached hydrogen (secondary N) is 2. The first-order chi connectivity index (χ1) is 16.3. The molecule has 0 atom stereocenters. The van der Waals surface area contributed by atoms with Gasteiger partial charge in [-0.3, -0.25) is 9.59 Å². The van der Waals surface area contributed by atoms with Gasteiger partial charge in [0, 0.05) is 33.7 Å². The van der Waals surface area contributed by atoms with Crippen LogP contribution in [0.25, 0.3) is 0 Å². The van der Waals surface area contributed by atoms with Crippen LogP contribution in [0.15, 0.2) is 77.7 Å². The molecule has 0 aliphatic rings. The highest BCUT2D eigenvalue weighted by Gasteiger charge is 2.22. The van der Waals surface area contributed by atoms with Gasteiger partial charge in [-0.25, -0.2) is 0 Å². The molecule has 0 heterocycles. The zero-order chi connectivity index (χ0) is 24.6. The summed E-state index contributed by atoms with van der Waals surface area (Å²) in [5.41, 5.74) is 2.92. The SMILES string of the molecule is CCOc1ccccc1CNC(=O)c1cccc(CSc2ccccc2NC(=O)C(C)(C)C)c1. The highest BCUT2D eigenvalue weighted by molar-refractivity contribution is 7.98. The molecule has 0 aliphatic carbocycles. The lowest BCUT2D eigenvalue weighted by Gasteiger charge is -2.19. The zero-order valence-electron chi connectivity index (χ0n) is 20.2. The smallest absolute Gasteiger partial charge is 0.251 e. The Labute approximate surface area is 206 Å². The Hall–Kier alpha value is -3.25. The molecule has 3 aromatic carbocycles. The molecule has 6 heteroatoms. The summed E-state index contributed by atoms with van der Waals surface area (Å²) in [6, 6.07) is 23.1. The van der Waals surface area contributed by atoms with E-state index in [9.17, 15) is 9.59 Å². The maximum Gasteiger partial charge on any atom is 0.251 e. The molecule has 178 valence electrons. The van der Waals surface area contributed by atoms with Gasteiger partial charge in [0.15, 0.2) is 0 Å². The van der Waals surface area contributed by atoms with Crippen LogP contribution in [-0.4, -0.2) is 18.4 Å². The number of anilines is 1. The van der Waals surface area contributed by atoms with E-state index in [0.717, 1.165) is 27.5 Å². The van der Waals surface area contributed by atoms with Gasteiger partial charge in [0.1, 0.15) is 5.75 Å². The number of amides is 2. The third-order valence-corrected chi connectivity index (χ3v) is 6.26. The minimum absolute atomic E-state index is 0.0230. The van der Waals surface area contributed by atoms with Gasteiger partial charge in [-0.15, -0.1) is 11.8 Å². The molecular weight excluding hydrogens is 444 g/mol. The lowest BCUT2D eigenvalue weighted by Crippen LogP contribution is -2.27. The van der Waals surface area contributed by atoms with Gasteiger partial charge >= 0.3 is 0 Å². The topological polar surface area (TPSA) is 67.4 Å². The Morgan fingerprint density at radius 3 is 2.44 bits per heavy atom. The summed E-state index contributed by atoms with van der Waals surface area (Å²) in [5.74, 6) is 1.31. The normalized spacial score (nSPS) is 11.1. The van der Waals surface area contributed by atoms with Gasteiger partial charge in [0.25, 0.3) is 5.91 Å². The first-order valence-electron chi connectivity index (χ1n) is 11.4. The third-order valence-electron chi connectivity index (χ3n) is 5.11. The fraction of sp³-hybridized carbons (Fsp3) is 0.286. The van der Waals surface area contributed by atoms with Crippen LogP contribution in [0.3, 0.4) is 0 Å². The molecule has 0 saturated carbocycles. The highest BCUT2D eigenvalue weighted by atomic mass is 32.2. The molecule has 0 aliphatic heterocycles. The monoisotopic (exact) mass is 476 g/mol. The molecule has 34 heavy (non-hydrogen) atoms. The summed E-state index contributed by atoms with van der Waals surface area (Å²) >= 11 is 1.63. The minimum atomic E-state index is -0.470. The van der Waals surface area contributed by atoms with Crippen LogP contribution < -0.4 is 15.4 Å². The van der Waals surface area contributed by atoms with E-state index in [1.165, 1.54) is 0 Å². The third kappa shape index (κ3) is 7.12. The van der Waals surface area contributed by atoms with Gasteiger partial charge in [0.05, 0.1) is 12.3 Å². The lowest BCUT2D eigenvalue weighted by atomic mass is 9.95. The predicted octanol–water partition coefficient (Wildman–Crippen LogP) is 6.29. The van der Waals surface area contributed by atoms with Crippen LogP contribution in [0.2, 0.25) is 0 Å². The van der Waals surface area contributed by atoms with Gasteiger partial charge in [0.2, 0.25) is 5.91 Å². The van der Waals surface area contributed by atoms with Crippen LogP contribution in [0.4, 0.5) is 5.69 Å². The number of ether oxygens (including phenoxy) is 1. The molecule has 0 spiro atoms. The number of benzene rings is 3. The van der Waals surface area contributed by atoms with E-state index >= 15 is 0 Å². The van der Waals surface area contributed by atoms with Crippen molar-refractivity contribution in [3.63, 3.8) is 0 Å². The number of hydrogen-bond donors (Lipinski definition) is 2. The van der Waals surface area contributed by atoms with Crippen molar-refractivity contribution in [3.8, 4) is 5.75 Å². The molecule has 0 aromatic heterocycles. The Bertz CT molecular complexity index is 1140. The average Bonchev–Trinajstić information content (AvgIpc) is 2.82. The molecule has 0 saturated heterocycles. The van der Waals surface area contributed by atoms with E-state index in [0.29, 0.717) is 24.5 Å². The van der Waals surface area contributed by atoms with E-state index in [-0.39, 0.29) is 11.8 Å². The van der Waals surface area contributed by atoms with Crippen molar-refractivity contribution in [1.82, 2.24) is 5.32 Å². The average molecular weight is 477 g/mol. The van der Waals surface area contributed by atoms with Crippen LogP contribution in [-0.2, 0) is 17.1 Å². The summed E-state index contributed by atoms with van der Waals surface area (Å²) < 4.78 is 5.64. The van der Waals surface area contributed by atoms with Crippen molar-refractivity contribution < 1.29 is 14.3 Å². The molecule has 0 radical (unpaired) electrons. The second-order valence-corrected chi connectivity index (χ2v) is 9.93. The van der Waals surface area contributed by atoms with Crippen molar-refractivity contribution in [2.24, 2.45) is 5.41 Å². The van der Waals surface area contributed by atoms with Crippen LogP contribution in [0.1, 0.15) is 49.2 Å². The van der Waals surface area contributed by atoms with Crippen molar-refractivity contribution in [2.45, 2.75) is 44.9 Å². The number of rotatable bonds is 9. The van der Waals surface area contributed by atoms with Crippen molar-refractivity contribution in [2.75, 3.05) is 11.9 Å². The molecule has 3 aromatic rings. The maximum absolute atomic E-state index is 12.8. The Kier molecular flexibility index (Phi) is 8.77. The highest BCUT2D eigenvalue weighted by Crippen LogP contribution is 2.31. The maximum atomic E-state index is 12.8. The Morgan fingerprint density at radius 2 is 1.68 bits per heavy atom. The zero-order valence-corrected chi connectivity index (χ0v) is 21.0. The number of thioether (sulfide) groups is 1. The molecule has 2 amide bonds. The van der Waals surface area contributed by atoms with Crippen LogP contribution in [0.5, 0.6) is 5.75 Å². The molecule has 5 nitrogen and oxygen atoms in total. The molecule has 0 fully saturated rings. The molecule has 0 bridgehead atoms. The summed E-state index contributed by atoms with van der Waals surface area (Å²) in [7, 11) is 0. The first kappa shape index (κ1) is 25.4. The van der Waals surface area contributed by atoms with E-state index in [1.54, 1.807) is 11.8 Å². The van der Waals surface area contributed by atoms with E-state index in [1.807, 2.05) is 100 Å². The summed E-state index contributed by atoms with van der Waals surface area (Å²) in [5, 5.41) is 6.01. The molecule has 2 N–H and O–H groups in total. The molecule has 0 unspecified atom stereocenters. The number of para-hydroxylation sites is 2. The Balaban J connectivity index is 1.63. The fourth-order valence-corrected chi connectivity index (χ4v) is 4.14. The second-order valence-electron chi connectivity index (χ2n) is 8.91. The van der Waals surface area contributed by atoms with Crippen molar-refractivity contribution >= 4 is 29.3 Å². The predicted molar refractivity (Wildman–Crippen MR) is 139 cm³/mol. The Morgan fingerprint density at radius 1 is 0.941 bits per heavy atom. The van der Waals surface area contributed by atoms with Crippen molar-refractivity contribution in [1.29, 1.82) is 0 Å². The van der Waals surface area contributed by atoms with Gasteiger partial charge in [-0.05, 0) is 42.8 Å². The number of carbonyl (C=O) groups is 2. The molecule has 3 rings (SSSR count). The fourth-order valence-electron chi connectivity index (χ4n) is 3.19. The van der Waals surface area contributed by atoms with Gasteiger partial charge < -0.3 is 15.4 Å². The summed E-state index contributed by atoms with van der Waals surface area (Å²) in [6.07, 6.45) is 0. The summed E-state index contributed by atoms with van der Waals surface area (Å²) in [4.78, 5) is 26.2. The van der Waals surface area contributed by atoms with Crippen LogP contribution in [0, 0.1) is 5.41 Å². The van der Waals surface area contributed by atoms with Gasteiger partial charge in [-0.1, -0.05) is 63.2 Å². The van der Waals surface area contributed by atoms with E-state index in [4.69, 9.17) is 4.74 Å². The standard InChI is InChI=1S/C28H32N2O3S/c1-5-33-24-15-8-6-12-22(24)18-29-26(31)21-13-10-11-20(17-21)19-34-25-16-9-7-14-23(25)30-27(32)28(2,3)4/h6-17H,5,18-19H2,1-4H3,(H,29,31)(H,30,32). The van der Waals surface area contributed by atoms with E-state index in [2.05, 4.69) is 10.6 Å². The second kappa shape index (κ2) is 11.7. The summed E-state index contributed by atoms with van der Waals surface area (Å²) in [6.45, 7) is 8.59. The number of carbonyl (C=O) groups excluding carboxylic acids is 2.